The van der Waals surface area contributed by atoms with E-state index in [-0.39, 0.29) is 29.8 Å². The molecule has 30 heavy (non-hydrogen) atoms. The van der Waals surface area contributed by atoms with Crippen LogP contribution in [0.25, 0.3) is 0 Å². The predicted octanol–water partition coefficient (Wildman–Crippen LogP) is 2.19. The number of carbonyl (C=O) groups is 2. The Balaban J connectivity index is 1.65. The third-order valence-electron chi connectivity index (χ3n) is 4.73. The summed E-state index contributed by atoms with van der Waals surface area (Å²) in [6.07, 6.45) is 0. The fraction of sp³-hybridized carbons (Fsp3) is 0.333. The molecule has 0 bridgehead atoms. The molecule has 3 rings (SSSR count). The van der Waals surface area contributed by atoms with E-state index in [4.69, 9.17) is 4.74 Å². The maximum atomic E-state index is 12.9. The average molecular weight is 432 g/mol. The summed E-state index contributed by atoms with van der Waals surface area (Å²) in [7, 11) is -3.64. The minimum absolute atomic E-state index is 0.194. The Kier molecular flexibility index (Phi) is 6.73. The first kappa shape index (κ1) is 21.8. The van der Waals surface area contributed by atoms with Gasteiger partial charge in [-0.25, -0.2) is 8.42 Å². The van der Waals surface area contributed by atoms with Crippen LogP contribution < -0.4 is 10.1 Å². The van der Waals surface area contributed by atoms with Crippen LogP contribution in [0.15, 0.2) is 53.4 Å². The smallest absolute Gasteiger partial charge is 0.254 e. The second-order valence-electron chi connectivity index (χ2n) is 6.86. The number of rotatable bonds is 6. The van der Waals surface area contributed by atoms with Gasteiger partial charge in [-0.05, 0) is 49.4 Å². The number of piperazine rings is 1. The molecule has 0 radical (unpaired) electrons. The highest BCUT2D eigenvalue weighted by molar-refractivity contribution is 7.89. The minimum Gasteiger partial charge on any atom is -0.494 e. The van der Waals surface area contributed by atoms with Gasteiger partial charge in [-0.1, -0.05) is 6.07 Å². The van der Waals surface area contributed by atoms with Gasteiger partial charge in [0.2, 0.25) is 15.9 Å². The van der Waals surface area contributed by atoms with Crippen LogP contribution >= 0.6 is 0 Å². The molecule has 1 aliphatic rings. The lowest BCUT2D eigenvalue weighted by molar-refractivity contribution is -0.114. The van der Waals surface area contributed by atoms with E-state index in [1.807, 2.05) is 6.92 Å². The van der Waals surface area contributed by atoms with Gasteiger partial charge in [-0.3, -0.25) is 9.59 Å². The molecule has 0 unspecified atom stereocenters. The largest absolute Gasteiger partial charge is 0.494 e. The molecule has 1 N–H and O–H groups in total. The molecule has 8 nitrogen and oxygen atoms in total. The van der Waals surface area contributed by atoms with Crippen molar-refractivity contribution in [1.82, 2.24) is 9.21 Å². The molecule has 0 saturated carbocycles. The topological polar surface area (TPSA) is 96.0 Å². The zero-order chi connectivity index (χ0) is 21.7. The average Bonchev–Trinajstić information content (AvgIpc) is 2.74. The van der Waals surface area contributed by atoms with Gasteiger partial charge in [0.25, 0.3) is 5.91 Å². The quantitative estimate of drug-likeness (QED) is 0.756. The highest BCUT2D eigenvalue weighted by Gasteiger charge is 2.30. The normalized spacial score (nSPS) is 14.9. The van der Waals surface area contributed by atoms with Gasteiger partial charge >= 0.3 is 0 Å². The summed E-state index contributed by atoms with van der Waals surface area (Å²) in [6.45, 7) is 4.79. The summed E-state index contributed by atoms with van der Waals surface area (Å²) < 4.78 is 32.5. The van der Waals surface area contributed by atoms with E-state index in [1.165, 1.54) is 23.4 Å². The van der Waals surface area contributed by atoms with Crippen LogP contribution in [0.1, 0.15) is 24.2 Å². The molecule has 2 amide bonds. The van der Waals surface area contributed by atoms with Crippen molar-refractivity contribution in [2.75, 3.05) is 38.1 Å². The van der Waals surface area contributed by atoms with Crippen LogP contribution in [0, 0.1) is 0 Å². The lowest BCUT2D eigenvalue weighted by Crippen LogP contribution is -2.50. The Labute approximate surface area is 176 Å². The highest BCUT2D eigenvalue weighted by Crippen LogP contribution is 2.22. The maximum Gasteiger partial charge on any atom is 0.254 e. The number of nitrogens with zero attached hydrogens (tertiary/aromatic N) is 2. The summed E-state index contributed by atoms with van der Waals surface area (Å²) in [5.74, 6) is 0.210. The molecule has 0 spiro atoms. The van der Waals surface area contributed by atoms with Gasteiger partial charge < -0.3 is 15.0 Å². The zero-order valence-electron chi connectivity index (χ0n) is 17.0. The molecule has 0 aliphatic carbocycles. The van der Waals surface area contributed by atoms with Crippen LogP contribution in [0.4, 0.5) is 5.69 Å². The van der Waals surface area contributed by atoms with Gasteiger partial charge in [-0.2, -0.15) is 4.31 Å². The first-order valence-electron chi connectivity index (χ1n) is 9.71. The standard InChI is InChI=1S/C21H25N3O5S/c1-3-29-19-7-9-20(10-8-19)30(27,28)24-13-11-23(12-14-24)21(26)17-5-4-6-18(15-17)22-16(2)25/h4-10,15H,3,11-14H2,1-2H3,(H,22,25). The number of nitrogens with one attached hydrogen (secondary N) is 1. The number of hydrogen-bond acceptors (Lipinski definition) is 5. The minimum atomic E-state index is -3.64. The van der Waals surface area contributed by atoms with Crippen LogP contribution in [0.2, 0.25) is 0 Å². The summed E-state index contributed by atoms with van der Waals surface area (Å²) in [5, 5.41) is 2.65. The zero-order valence-corrected chi connectivity index (χ0v) is 17.8. The van der Waals surface area contributed by atoms with Crippen molar-refractivity contribution in [2.45, 2.75) is 18.7 Å². The number of carbonyl (C=O) groups excluding carboxylic acids is 2. The van der Waals surface area contributed by atoms with E-state index < -0.39 is 10.0 Å². The van der Waals surface area contributed by atoms with Crippen molar-refractivity contribution < 1.29 is 22.7 Å². The molecular formula is C21H25N3O5S. The van der Waals surface area contributed by atoms with Crippen molar-refractivity contribution in [3.8, 4) is 5.75 Å². The van der Waals surface area contributed by atoms with Gasteiger partial charge in [0.05, 0.1) is 11.5 Å². The predicted molar refractivity (Wildman–Crippen MR) is 113 cm³/mol. The number of ether oxygens (including phenoxy) is 1. The third-order valence-corrected chi connectivity index (χ3v) is 6.64. The lowest BCUT2D eigenvalue weighted by Gasteiger charge is -2.34. The molecular weight excluding hydrogens is 406 g/mol. The van der Waals surface area contributed by atoms with Gasteiger partial charge in [0.15, 0.2) is 0 Å². The molecule has 1 fully saturated rings. The Hall–Kier alpha value is -2.91. The Morgan fingerprint density at radius 3 is 2.30 bits per heavy atom. The number of benzene rings is 2. The summed E-state index contributed by atoms with van der Waals surface area (Å²) in [4.78, 5) is 25.8. The molecule has 1 aliphatic heterocycles. The summed E-state index contributed by atoms with van der Waals surface area (Å²) in [5.41, 5.74) is 0.995. The monoisotopic (exact) mass is 431 g/mol. The summed E-state index contributed by atoms with van der Waals surface area (Å²) >= 11 is 0. The molecule has 0 aromatic heterocycles. The van der Waals surface area contributed by atoms with E-state index in [1.54, 1.807) is 41.3 Å². The molecule has 1 heterocycles. The Morgan fingerprint density at radius 2 is 1.70 bits per heavy atom. The fourth-order valence-electron chi connectivity index (χ4n) is 3.27. The number of anilines is 1. The molecule has 160 valence electrons. The van der Waals surface area contributed by atoms with Gasteiger partial charge in [-0.15, -0.1) is 0 Å². The first-order chi connectivity index (χ1) is 14.3. The molecule has 2 aromatic rings. The van der Waals surface area contributed by atoms with Crippen LogP contribution in [-0.4, -0.2) is 62.2 Å². The van der Waals surface area contributed by atoms with E-state index in [9.17, 15) is 18.0 Å². The van der Waals surface area contributed by atoms with E-state index in [0.29, 0.717) is 36.7 Å². The molecule has 2 aromatic carbocycles. The second kappa shape index (κ2) is 9.27. The van der Waals surface area contributed by atoms with Crippen molar-refractivity contribution in [1.29, 1.82) is 0 Å². The first-order valence-corrected chi connectivity index (χ1v) is 11.1. The maximum absolute atomic E-state index is 12.9. The molecule has 1 saturated heterocycles. The second-order valence-corrected chi connectivity index (χ2v) is 8.80. The van der Waals surface area contributed by atoms with Crippen molar-refractivity contribution in [3.05, 3.63) is 54.1 Å². The Bertz CT molecular complexity index is 1010. The van der Waals surface area contributed by atoms with Crippen molar-refractivity contribution in [3.63, 3.8) is 0 Å². The van der Waals surface area contributed by atoms with E-state index >= 15 is 0 Å². The van der Waals surface area contributed by atoms with Crippen molar-refractivity contribution in [2.24, 2.45) is 0 Å². The van der Waals surface area contributed by atoms with Crippen LogP contribution in [0.5, 0.6) is 5.75 Å². The Morgan fingerprint density at radius 1 is 1.03 bits per heavy atom. The van der Waals surface area contributed by atoms with Gasteiger partial charge in [0, 0.05) is 44.4 Å². The summed E-state index contributed by atoms with van der Waals surface area (Å²) in [6, 6.07) is 13.0. The van der Waals surface area contributed by atoms with Crippen LogP contribution in [0.3, 0.4) is 0 Å². The van der Waals surface area contributed by atoms with E-state index in [0.717, 1.165) is 0 Å². The van der Waals surface area contributed by atoms with Crippen molar-refractivity contribution >= 4 is 27.5 Å². The van der Waals surface area contributed by atoms with E-state index in [2.05, 4.69) is 5.32 Å². The third kappa shape index (κ3) is 4.98. The van der Waals surface area contributed by atoms with Gasteiger partial charge in [0.1, 0.15) is 5.75 Å². The number of amides is 2. The lowest BCUT2D eigenvalue weighted by atomic mass is 10.1. The number of hydrogen-bond donors (Lipinski definition) is 1. The molecule has 9 heteroatoms. The SMILES string of the molecule is CCOc1ccc(S(=O)(=O)N2CCN(C(=O)c3cccc(NC(C)=O)c3)CC2)cc1. The molecule has 0 atom stereocenters. The highest BCUT2D eigenvalue weighted by atomic mass is 32.2. The van der Waals surface area contributed by atoms with Crippen LogP contribution in [-0.2, 0) is 14.8 Å². The fourth-order valence-corrected chi connectivity index (χ4v) is 4.69. The number of sulfonamides is 1.